The summed E-state index contributed by atoms with van der Waals surface area (Å²) in [6.07, 6.45) is 2.08. The number of esters is 1. The van der Waals surface area contributed by atoms with Crippen molar-refractivity contribution >= 4 is 5.97 Å². The van der Waals surface area contributed by atoms with Gasteiger partial charge in [0.15, 0.2) is 0 Å². The Labute approximate surface area is 82.0 Å². The van der Waals surface area contributed by atoms with Gasteiger partial charge in [-0.05, 0) is 6.92 Å². The average Bonchev–Trinajstić information content (AvgIpc) is 2.51. The van der Waals surface area contributed by atoms with Crippen LogP contribution in [0.25, 0.3) is 0 Å². The van der Waals surface area contributed by atoms with Gasteiger partial charge < -0.3 is 10.5 Å². The minimum atomic E-state index is -0.661. The maximum Gasteiger partial charge on any atom is 0.323 e. The van der Waals surface area contributed by atoms with Crippen molar-refractivity contribution in [3.05, 3.63) is 11.9 Å². The molecule has 1 atom stereocenters. The van der Waals surface area contributed by atoms with Crippen molar-refractivity contribution < 1.29 is 9.53 Å². The molecule has 0 saturated heterocycles. The Morgan fingerprint density at radius 3 is 3.00 bits per heavy atom. The highest BCUT2D eigenvalue weighted by Gasteiger charge is 2.16. The van der Waals surface area contributed by atoms with Crippen LogP contribution >= 0.6 is 0 Å². The Hall–Kier alpha value is -1.43. The third-order valence-corrected chi connectivity index (χ3v) is 1.67. The number of hydrogen-bond acceptors (Lipinski definition) is 5. The minimum absolute atomic E-state index is 0.340. The molecule has 0 fully saturated rings. The fourth-order valence-corrected chi connectivity index (χ4v) is 1.05. The Bertz CT molecular complexity index is 310. The lowest BCUT2D eigenvalue weighted by atomic mass is 10.2. The molecular weight excluding hydrogens is 184 g/mol. The van der Waals surface area contributed by atoms with Crippen molar-refractivity contribution in [1.82, 2.24) is 15.0 Å². The first kappa shape index (κ1) is 10.6. The predicted octanol–water partition coefficient (Wildman–Crippen LogP) is -0.752. The van der Waals surface area contributed by atoms with Gasteiger partial charge in [-0.25, -0.2) is 0 Å². The summed E-state index contributed by atoms with van der Waals surface area (Å²) < 4.78 is 6.33. The molecule has 0 spiro atoms. The van der Waals surface area contributed by atoms with Crippen LogP contribution in [0.15, 0.2) is 6.20 Å². The van der Waals surface area contributed by atoms with Crippen LogP contribution in [-0.4, -0.2) is 33.6 Å². The van der Waals surface area contributed by atoms with Crippen LogP contribution in [0, 0.1) is 0 Å². The van der Waals surface area contributed by atoms with E-state index in [4.69, 9.17) is 10.5 Å². The van der Waals surface area contributed by atoms with Gasteiger partial charge in [-0.2, -0.15) is 0 Å². The second-order valence-electron chi connectivity index (χ2n) is 2.95. The number of aromatic nitrogens is 3. The van der Waals surface area contributed by atoms with Crippen molar-refractivity contribution in [2.45, 2.75) is 19.4 Å². The number of ether oxygens (including phenoxy) is 1. The molecule has 0 amide bonds. The summed E-state index contributed by atoms with van der Waals surface area (Å²) in [6.45, 7) is 2.08. The molecule has 0 aliphatic rings. The second-order valence-corrected chi connectivity index (χ2v) is 2.95. The average molecular weight is 198 g/mol. The number of aryl methyl sites for hydroxylation is 1. The van der Waals surface area contributed by atoms with Crippen LogP contribution in [0.1, 0.15) is 12.6 Å². The third-order valence-electron chi connectivity index (χ3n) is 1.67. The number of nitrogens with two attached hydrogens (primary N) is 1. The first-order chi connectivity index (χ1) is 6.63. The van der Waals surface area contributed by atoms with E-state index >= 15 is 0 Å². The van der Waals surface area contributed by atoms with E-state index < -0.39 is 12.0 Å². The molecule has 78 valence electrons. The van der Waals surface area contributed by atoms with Gasteiger partial charge in [-0.1, -0.05) is 5.21 Å². The van der Waals surface area contributed by atoms with Gasteiger partial charge in [0, 0.05) is 19.7 Å². The minimum Gasteiger partial charge on any atom is -0.465 e. The van der Waals surface area contributed by atoms with Crippen LogP contribution in [0.3, 0.4) is 0 Å². The standard InChI is InChI=1S/C8H14N4O2/c1-3-14-8(13)7(9)4-6-5-12(2)11-10-6/h5,7H,3-4,9H2,1-2H3. The highest BCUT2D eigenvalue weighted by molar-refractivity contribution is 5.75. The maximum atomic E-state index is 11.2. The van der Waals surface area contributed by atoms with E-state index in [0.29, 0.717) is 18.7 Å². The van der Waals surface area contributed by atoms with Gasteiger partial charge in [0.25, 0.3) is 0 Å². The van der Waals surface area contributed by atoms with Gasteiger partial charge in [0.05, 0.1) is 12.3 Å². The van der Waals surface area contributed by atoms with Gasteiger partial charge >= 0.3 is 5.97 Å². The van der Waals surface area contributed by atoms with Crippen LogP contribution in [0.2, 0.25) is 0 Å². The van der Waals surface area contributed by atoms with Crippen molar-refractivity contribution in [2.75, 3.05) is 6.61 Å². The monoisotopic (exact) mass is 198 g/mol. The summed E-state index contributed by atoms with van der Waals surface area (Å²) in [4.78, 5) is 11.2. The molecule has 1 rings (SSSR count). The fraction of sp³-hybridized carbons (Fsp3) is 0.625. The molecule has 0 saturated carbocycles. The van der Waals surface area contributed by atoms with Gasteiger partial charge in [0.2, 0.25) is 0 Å². The van der Waals surface area contributed by atoms with Crippen LogP contribution in [0.4, 0.5) is 0 Å². The van der Waals surface area contributed by atoms with E-state index in [9.17, 15) is 4.79 Å². The Kier molecular flexibility index (Phi) is 3.58. The molecule has 6 heteroatoms. The van der Waals surface area contributed by atoms with Gasteiger partial charge in [0.1, 0.15) is 6.04 Å². The summed E-state index contributed by atoms with van der Waals surface area (Å²) in [5.74, 6) is -0.404. The van der Waals surface area contributed by atoms with E-state index in [1.165, 1.54) is 0 Å². The largest absolute Gasteiger partial charge is 0.465 e. The number of nitrogens with zero attached hydrogens (tertiary/aromatic N) is 3. The first-order valence-electron chi connectivity index (χ1n) is 4.41. The summed E-state index contributed by atoms with van der Waals surface area (Å²) in [7, 11) is 1.76. The molecular formula is C8H14N4O2. The number of carbonyl (C=O) groups is 1. The molecule has 0 bridgehead atoms. The SMILES string of the molecule is CCOC(=O)C(N)Cc1cn(C)nn1. The van der Waals surface area contributed by atoms with Crippen LogP contribution < -0.4 is 5.73 Å². The zero-order valence-electron chi connectivity index (χ0n) is 8.30. The number of rotatable bonds is 4. The highest BCUT2D eigenvalue weighted by atomic mass is 16.5. The van der Waals surface area contributed by atoms with Gasteiger partial charge in [-0.3, -0.25) is 9.48 Å². The summed E-state index contributed by atoms with van der Waals surface area (Å²) in [5, 5.41) is 7.56. The fourth-order valence-electron chi connectivity index (χ4n) is 1.05. The Morgan fingerprint density at radius 2 is 2.50 bits per heavy atom. The molecule has 1 heterocycles. The Morgan fingerprint density at radius 1 is 1.79 bits per heavy atom. The van der Waals surface area contributed by atoms with Crippen molar-refractivity contribution in [2.24, 2.45) is 12.8 Å². The Balaban J connectivity index is 2.48. The molecule has 0 aliphatic heterocycles. The van der Waals surface area contributed by atoms with Crippen molar-refractivity contribution in [3.8, 4) is 0 Å². The second kappa shape index (κ2) is 4.71. The van der Waals surface area contributed by atoms with E-state index in [0.717, 1.165) is 0 Å². The first-order valence-corrected chi connectivity index (χ1v) is 4.41. The maximum absolute atomic E-state index is 11.2. The summed E-state index contributed by atoms with van der Waals surface area (Å²) >= 11 is 0. The molecule has 0 aliphatic carbocycles. The predicted molar refractivity (Wildman–Crippen MR) is 49.3 cm³/mol. The van der Waals surface area contributed by atoms with Crippen LogP contribution in [0.5, 0.6) is 0 Å². The van der Waals surface area contributed by atoms with Gasteiger partial charge in [-0.15, -0.1) is 5.10 Å². The quantitative estimate of drug-likeness (QED) is 0.643. The van der Waals surface area contributed by atoms with E-state index in [1.54, 1.807) is 24.9 Å². The molecule has 1 unspecified atom stereocenters. The van der Waals surface area contributed by atoms with Crippen LogP contribution in [-0.2, 0) is 23.0 Å². The molecule has 14 heavy (non-hydrogen) atoms. The molecule has 0 aromatic carbocycles. The van der Waals surface area contributed by atoms with E-state index in [-0.39, 0.29) is 0 Å². The topological polar surface area (TPSA) is 83.0 Å². The lowest BCUT2D eigenvalue weighted by molar-refractivity contribution is -0.144. The number of carbonyl (C=O) groups excluding carboxylic acids is 1. The third kappa shape index (κ3) is 2.81. The molecule has 1 aromatic rings. The lowest BCUT2D eigenvalue weighted by Crippen LogP contribution is -2.34. The zero-order valence-corrected chi connectivity index (χ0v) is 8.30. The lowest BCUT2D eigenvalue weighted by Gasteiger charge is -2.07. The molecule has 6 nitrogen and oxygen atoms in total. The zero-order chi connectivity index (χ0) is 10.6. The smallest absolute Gasteiger partial charge is 0.323 e. The highest BCUT2D eigenvalue weighted by Crippen LogP contribution is 1.98. The normalized spacial score (nSPS) is 12.5. The molecule has 1 aromatic heterocycles. The number of hydrogen-bond donors (Lipinski definition) is 1. The summed E-state index contributed by atoms with van der Waals surface area (Å²) in [6, 6.07) is -0.661. The van der Waals surface area contributed by atoms with Crippen molar-refractivity contribution in [3.63, 3.8) is 0 Å². The molecule has 0 radical (unpaired) electrons. The van der Waals surface area contributed by atoms with E-state index in [2.05, 4.69) is 10.3 Å². The van der Waals surface area contributed by atoms with E-state index in [1.807, 2.05) is 0 Å². The summed E-state index contributed by atoms with van der Waals surface area (Å²) in [5.41, 5.74) is 6.28. The van der Waals surface area contributed by atoms with Crippen molar-refractivity contribution in [1.29, 1.82) is 0 Å². The molecule has 2 N–H and O–H groups in total.